The summed E-state index contributed by atoms with van der Waals surface area (Å²) in [5.74, 6) is 0.963. The van der Waals surface area contributed by atoms with Crippen LogP contribution in [0.15, 0.2) is 0 Å². The summed E-state index contributed by atoms with van der Waals surface area (Å²) < 4.78 is 0. The maximum atomic E-state index is 3.57. The van der Waals surface area contributed by atoms with Gasteiger partial charge in [0.2, 0.25) is 0 Å². The Balaban J connectivity index is 2.24. The molecule has 1 N–H and O–H groups in total. The van der Waals surface area contributed by atoms with E-state index in [1.165, 1.54) is 45.1 Å². The second-order valence-electron chi connectivity index (χ2n) is 5.84. The SMILES string of the molecule is CCCC1(CCC)CC(CNC(C)C)C1. The zero-order valence-electron chi connectivity index (χ0n) is 11.1. The van der Waals surface area contributed by atoms with E-state index >= 15 is 0 Å². The fraction of sp³-hybridized carbons (Fsp3) is 1.00. The first kappa shape index (κ1) is 13.0. The Kier molecular flexibility index (Phi) is 5.11. The van der Waals surface area contributed by atoms with Crippen molar-refractivity contribution in [3.05, 3.63) is 0 Å². The van der Waals surface area contributed by atoms with Crippen molar-refractivity contribution in [2.24, 2.45) is 11.3 Å². The smallest absolute Gasteiger partial charge is 0.00104 e. The van der Waals surface area contributed by atoms with Crippen LogP contribution < -0.4 is 5.32 Å². The van der Waals surface area contributed by atoms with Crippen molar-refractivity contribution in [2.45, 2.75) is 72.3 Å². The second kappa shape index (κ2) is 5.89. The van der Waals surface area contributed by atoms with Crippen molar-refractivity contribution in [1.29, 1.82) is 0 Å². The van der Waals surface area contributed by atoms with Crippen LogP contribution >= 0.6 is 0 Å². The Morgan fingerprint density at radius 1 is 1.13 bits per heavy atom. The molecule has 90 valence electrons. The first-order chi connectivity index (χ1) is 7.12. The van der Waals surface area contributed by atoms with E-state index in [1.54, 1.807) is 0 Å². The van der Waals surface area contributed by atoms with Crippen LogP contribution in [-0.4, -0.2) is 12.6 Å². The van der Waals surface area contributed by atoms with E-state index in [4.69, 9.17) is 0 Å². The fourth-order valence-corrected chi connectivity index (χ4v) is 3.31. The Bertz CT molecular complexity index is 160. The summed E-state index contributed by atoms with van der Waals surface area (Å²) in [6.07, 6.45) is 8.61. The second-order valence-corrected chi connectivity index (χ2v) is 5.84. The molecule has 0 amide bonds. The van der Waals surface area contributed by atoms with Crippen LogP contribution in [0.4, 0.5) is 0 Å². The number of hydrogen-bond acceptors (Lipinski definition) is 1. The van der Waals surface area contributed by atoms with Gasteiger partial charge in [0.25, 0.3) is 0 Å². The summed E-state index contributed by atoms with van der Waals surface area (Å²) in [7, 11) is 0. The van der Waals surface area contributed by atoms with Gasteiger partial charge in [0, 0.05) is 6.04 Å². The van der Waals surface area contributed by atoms with Crippen LogP contribution in [0, 0.1) is 11.3 Å². The van der Waals surface area contributed by atoms with Gasteiger partial charge in [-0.2, -0.15) is 0 Å². The molecule has 0 unspecified atom stereocenters. The van der Waals surface area contributed by atoms with Crippen molar-refractivity contribution < 1.29 is 0 Å². The third kappa shape index (κ3) is 3.79. The molecular weight excluding hydrogens is 182 g/mol. The van der Waals surface area contributed by atoms with Gasteiger partial charge in [-0.15, -0.1) is 0 Å². The lowest BCUT2D eigenvalue weighted by Gasteiger charge is -2.49. The molecule has 1 saturated carbocycles. The van der Waals surface area contributed by atoms with E-state index in [0.29, 0.717) is 6.04 Å². The lowest BCUT2D eigenvalue weighted by Crippen LogP contribution is -2.43. The van der Waals surface area contributed by atoms with Crippen LogP contribution in [-0.2, 0) is 0 Å². The molecule has 0 aromatic carbocycles. The van der Waals surface area contributed by atoms with Crippen LogP contribution in [0.5, 0.6) is 0 Å². The molecule has 0 atom stereocenters. The highest BCUT2D eigenvalue weighted by Gasteiger charge is 2.41. The minimum absolute atomic E-state index is 0.650. The topological polar surface area (TPSA) is 12.0 Å². The zero-order chi connectivity index (χ0) is 11.3. The van der Waals surface area contributed by atoms with Gasteiger partial charge in [-0.1, -0.05) is 40.5 Å². The van der Waals surface area contributed by atoms with Crippen molar-refractivity contribution in [1.82, 2.24) is 5.32 Å². The molecule has 0 spiro atoms. The minimum Gasteiger partial charge on any atom is -0.314 e. The molecule has 15 heavy (non-hydrogen) atoms. The van der Waals surface area contributed by atoms with E-state index in [9.17, 15) is 0 Å². The van der Waals surface area contributed by atoms with Crippen LogP contribution in [0.2, 0.25) is 0 Å². The van der Waals surface area contributed by atoms with Crippen molar-refractivity contribution >= 4 is 0 Å². The van der Waals surface area contributed by atoms with Crippen molar-refractivity contribution in [3.8, 4) is 0 Å². The van der Waals surface area contributed by atoms with E-state index in [1.807, 2.05) is 0 Å². The van der Waals surface area contributed by atoms with Gasteiger partial charge in [-0.3, -0.25) is 0 Å². The molecule has 1 aliphatic rings. The molecule has 0 bridgehead atoms. The normalized spacial score (nSPS) is 20.6. The largest absolute Gasteiger partial charge is 0.314 e. The van der Waals surface area contributed by atoms with Gasteiger partial charge in [0.05, 0.1) is 0 Å². The predicted octanol–water partition coefficient (Wildman–Crippen LogP) is 3.98. The quantitative estimate of drug-likeness (QED) is 0.671. The Morgan fingerprint density at radius 2 is 1.67 bits per heavy atom. The van der Waals surface area contributed by atoms with Gasteiger partial charge in [0.15, 0.2) is 0 Å². The average molecular weight is 211 g/mol. The lowest BCUT2D eigenvalue weighted by atomic mass is 9.58. The summed E-state index contributed by atoms with van der Waals surface area (Å²) in [5.41, 5.74) is 0.743. The van der Waals surface area contributed by atoms with E-state index < -0.39 is 0 Å². The molecule has 1 nitrogen and oxygen atoms in total. The van der Waals surface area contributed by atoms with Crippen LogP contribution in [0.3, 0.4) is 0 Å². The molecule has 0 aromatic rings. The maximum absolute atomic E-state index is 3.57. The summed E-state index contributed by atoms with van der Waals surface area (Å²) in [5, 5.41) is 3.57. The first-order valence-corrected chi connectivity index (χ1v) is 6.85. The number of nitrogens with one attached hydrogen (secondary N) is 1. The van der Waals surface area contributed by atoms with Crippen molar-refractivity contribution in [3.63, 3.8) is 0 Å². The van der Waals surface area contributed by atoms with Crippen molar-refractivity contribution in [2.75, 3.05) is 6.54 Å². The third-order valence-corrected chi connectivity index (χ3v) is 3.82. The van der Waals surface area contributed by atoms with Gasteiger partial charge < -0.3 is 5.32 Å². The summed E-state index contributed by atoms with van der Waals surface area (Å²) in [6, 6.07) is 0.650. The molecule has 0 heterocycles. The van der Waals surface area contributed by atoms with Gasteiger partial charge >= 0.3 is 0 Å². The number of hydrogen-bond donors (Lipinski definition) is 1. The molecule has 0 saturated heterocycles. The summed E-state index contributed by atoms with van der Waals surface area (Å²) in [6.45, 7) is 10.4. The summed E-state index contributed by atoms with van der Waals surface area (Å²) in [4.78, 5) is 0. The van der Waals surface area contributed by atoms with E-state index in [2.05, 4.69) is 33.0 Å². The first-order valence-electron chi connectivity index (χ1n) is 6.85. The molecule has 0 aliphatic heterocycles. The summed E-state index contributed by atoms with van der Waals surface area (Å²) >= 11 is 0. The van der Waals surface area contributed by atoms with Crippen LogP contribution in [0.25, 0.3) is 0 Å². The predicted molar refractivity (Wildman–Crippen MR) is 68.1 cm³/mol. The highest BCUT2D eigenvalue weighted by atomic mass is 14.9. The highest BCUT2D eigenvalue weighted by Crippen LogP contribution is 2.51. The lowest BCUT2D eigenvalue weighted by molar-refractivity contribution is 0.0329. The molecule has 1 heteroatoms. The van der Waals surface area contributed by atoms with Gasteiger partial charge in [0.1, 0.15) is 0 Å². The van der Waals surface area contributed by atoms with E-state index in [0.717, 1.165) is 11.3 Å². The molecule has 0 aromatic heterocycles. The Labute approximate surface area is 96.0 Å². The maximum Gasteiger partial charge on any atom is 0.00104 e. The third-order valence-electron chi connectivity index (χ3n) is 3.82. The Hall–Kier alpha value is -0.0400. The molecule has 1 aliphatic carbocycles. The van der Waals surface area contributed by atoms with E-state index in [-0.39, 0.29) is 0 Å². The number of rotatable bonds is 7. The highest BCUT2D eigenvalue weighted by molar-refractivity contribution is 4.93. The molecule has 1 rings (SSSR count). The average Bonchev–Trinajstić information content (AvgIpc) is 2.11. The van der Waals surface area contributed by atoms with Gasteiger partial charge in [-0.05, 0) is 43.6 Å². The fourth-order valence-electron chi connectivity index (χ4n) is 3.31. The molecule has 1 fully saturated rings. The standard InChI is InChI=1S/C14H29N/c1-5-7-14(8-6-2)9-13(10-14)11-15-12(3)4/h12-13,15H,5-11H2,1-4H3. The van der Waals surface area contributed by atoms with Gasteiger partial charge in [-0.25, -0.2) is 0 Å². The minimum atomic E-state index is 0.650. The van der Waals surface area contributed by atoms with Crippen LogP contribution in [0.1, 0.15) is 66.2 Å². The molecule has 0 radical (unpaired) electrons. The molecular formula is C14H29N. The Morgan fingerprint density at radius 3 is 2.07 bits per heavy atom. The zero-order valence-corrected chi connectivity index (χ0v) is 11.1. The monoisotopic (exact) mass is 211 g/mol.